The highest BCUT2D eigenvalue weighted by Crippen LogP contribution is 2.53. The molecule has 4 nitrogen and oxygen atoms in total. The minimum atomic E-state index is -0.223. The maximum absolute atomic E-state index is 7.71. The molecule has 0 bridgehead atoms. The largest absolute Gasteiger partial charge is 0.458 e. The molecular formula is C88H54BN3O. The lowest BCUT2D eigenvalue weighted by molar-refractivity contribution is 0.487. The van der Waals surface area contributed by atoms with Crippen LogP contribution in [0, 0.1) is 0 Å². The number of fused-ring (bicyclic) bond motifs is 15. The molecule has 2 aliphatic rings. The summed E-state index contributed by atoms with van der Waals surface area (Å²) < 4.78 is 12.6. The van der Waals surface area contributed by atoms with Gasteiger partial charge in [0.05, 0.1) is 33.4 Å². The SMILES string of the molecule is c1ccc(-c2cccc(-c3ccccc3)c2N2c3cc(-c4c5ccccc5c(-c5cc6ccccc6c6ccccc56)c5ccccc45)ccc3B3c4ccc(-n5c6ccccc6c6ccccc65)cc4Oc4cc(-n5c6ccccc6c6ccccc65)cc2c43)cc1. The third-order valence-electron chi connectivity index (χ3n) is 20.1. The summed E-state index contributed by atoms with van der Waals surface area (Å²) in [5.74, 6) is 1.66. The van der Waals surface area contributed by atoms with E-state index in [1.807, 2.05) is 0 Å². The lowest BCUT2D eigenvalue weighted by Crippen LogP contribution is -2.59. The third-order valence-corrected chi connectivity index (χ3v) is 20.1. The summed E-state index contributed by atoms with van der Waals surface area (Å²) in [6, 6.07) is 122. The van der Waals surface area contributed by atoms with E-state index in [9.17, 15) is 0 Å². The van der Waals surface area contributed by atoms with Crippen molar-refractivity contribution in [3.8, 4) is 67.4 Å². The van der Waals surface area contributed by atoms with Crippen molar-refractivity contribution in [2.75, 3.05) is 4.90 Å². The van der Waals surface area contributed by atoms with Gasteiger partial charge in [0.1, 0.15) is 11.5 Å². The molecule has 16 aromatic carbocycles. The maximum atomic E-state index is 7.71. The summed E-state index contributed by atoms with van der Waals surface area (Å²) in [7, 11) is 0. The van der Waals surface area contributed by atoms with Crippen LogP contribution < -0.4 is 26.0 Å². The Balaban J connectivity index is 0.909. The van der Waals surface area contributed by atoms with Crippen LogP contribution in [0.2, 0.25) is 0 Å². The number of hydrogen-bond acceptors (Lipinski definition) is 2. The fourth-order valence-electron chi connectivity index (χ4n) is 16.3. The van der Waals surface area contributed by atoms with Crippen molar-refractivity contribution in [1.82, 2.24) is 9.13 Å². The van der Waals surface area contributed by atoms with Gasteiger partial charge in [-0.15, -0.1) is 0 Å². The molecular weight excluding hydrogens is 1130 g/mol. The van der Waals surface area contributed by atoms with Gasteiger partial charge in [-0.05, 0) is 141 Å². The minimum absolute atomic E-state index is 0.223. The zero-order chi connectivity index (χ0) is 60.8. The van der Waals surface area contributed by atoms with E-state index in [1.165, 1.54) is 86.8 Å². The van der Waals surface area contributed by atoms with Gasteiger partial charge in [-0.2, -0.15) is 0 Å². The predicted octanol–water partition coefficient (Wildman–Crippen LogP) is 21.6. The lowest BCUT2D eigenvalue weighted by Gasteiger charge is -2.42. The van der Waals surface area contributed by atoms with Gasteiger partial charge < -0.3 is 18.8 Å². The molecule has 0 amide bonds. The molecule has 0 radical (unpaired) electrons. The zero-order valence-electron chi connectivity index (χ0n) is 50.5. The number of anilines is 3. The molecule has 0 fully saturated rings. The summed E-state index contributed by atoms with van der Waals surface area (Å²) in [6.45, 7) is -0.223. The van der Waals surface area contributed by atoms with E-state index in [0.29, 0.717) is 0 Å². The van der Waals surface area contributed by atoms with Crippen LogP contribution in [0.3, 0.4) is 0 Å². The van der Waals surface area contributed by atoms with Crippen LogP contribution in [0.5, 0.6) is 11.5 Å². The second-order valence-electron chi connectivity index (χ2n) is 24.9. The van der Waals surface area contributed by atoms with Gasteiger partial charge >= 0.3 is 0 Å². The second-order valence-corrected chi connectivity index (χ2v) is 24.9. The highest BCUT2D eigenvalue weighted by Gasteiger charge is 2.44. The summed E-state index contributed by atoms with van der Waals surface area (Å²) in [6.07, 6.45) is 0. The fourth-order valence-corrected chi connectivity index (χ4v) is 16.3. The van der Waals surface area contributed by atoms with Crippen LogP contribution in [-0.4, -0.2) is 15.8 Å². The van der Waals surface area contributed by atoms with Gasteiger partial charge in [-0.25, -0.2) is 0 Å². The molecule has 0 unspecified atom stereocenters. The van der Waals surface area contributed by atoms with E-state index < -0.39 is 0 Å². The molecule has 93 heavy (non-hydrogen) atoms. The number of rotatable bonds is 7. The molecule has 0 saturated heterocycles. The van der Waals surface area contributed by atoms with E-state index >= 15 is 0 Å². The average Bonchev–Trinajstić information content (AvgIpc) is 0.751. The van der Waals surface area contributed by atoms with E-state index in [4.69, 9.17) is 4.74 Å². The molecule has 20 rings (SSSR count). The molecule has 4 heterocycles. The first-order chi connectivity index (χ1) is 46.2. The highest BCUT2D eigenvalue weighted by atomic mass is 16.5. The Kier molecular flexibility index (Phi) is 11.2. The van der Waals surface area contributed by atoms with Crippen molar-refractivity contribution in [1.29, 1.82) is 0 Å². The van der Waals surface area contributed by atoms with Crippen LogP contribution in [0.15, 0.2) is 328 Å². The Hall–Kier alpha value is -12.2. The quantitative estimate of drug-likeness (QED) is 0.0901. The topological polar surface area (TPSA) is 22.3 Å². The molecule has 2 aliphatic heterocycles. The number of nitrogens with zero attached hydrogens (tertiary/aromatic N) is 3. The number of benzene rings is 16. The van der Waals surface area contributed by atoms with Crippen molar-refractivity contribution in [3.63, 3.8) is 0 Å². The van der Waals surface area contributed by atoms with Gasteiger partial charge in [0.25, 0.3) is 6.71 Å². The monoisotopic (exact) mass is 1180 g/mol. The van der Waals surface area contributed by atoms with E-state index in [1.54, 1.807) is 0 Å². The first-order valence-electron chi connectivity index (χ1n) is 32.2. The highest BCUT2D eigenvalue weighted by molar-refractivity contribution is 6.99. The molecule has 0 N–H and O–H groups in total. The number of aromatic nitrogens is 2. The molecule has 18 aromatic rings. The van der Waals surface area contributed by atoms with Gasteiger partial charge in [0, 0.05) is 61.9 Å². The molecule has 430 valence electrons. The normalized spacial score (nSPS) is 12.6. The molecule has 5 heteroatoms. The van der Waals surface area contributed by atoms with Gasteiger partial charge in [-0.3, -0.25) is 0 Å². The summed E-state index contributed by atoms with van der Waals surface area (Å²) in [4.78, 5) is 2.62. The van der Waals surface area contributed by atoms with Crippen LogP contribution in [0.1, 0.15) is 0 Å². The van der Waals surface area contributed by atoms with Crippen LogP contribution in [-0.2, 0) is 0 Å². The standard InChI is InChI=1S/C88H54BN3O/c1-3-24-55(25-4-1)62-40-23-41-63(56-26-5-2-6-27-56)88(62)92-81-51-58(85-70-36-11-13-38-72(70)86(73-39-14-12-37-71(73)85)74-50-57-28-7-8-29-61(57)64-30-9-10-31-65(64)74)46-48-75(81)89-76-49-47-59(90-77-42-19-15-32-66(77)67-33-16-20-43-78(67)90)53-83(76)93-84-54-60(52-82(92)87(84)89)91-79-44-21-17-34-68(79)69-35-18-22-45-80(69)91/h1-54H. The minimum Gasteiger partial charge on any atom is -0.458 e. The smallest absolute Gasteiger partial charge is 0.256 e. The summed E-state index contributed by atoms with van der Waals surface area (Å²) >= 11 is 0. The fraction of sp³-hybridized carbons (Fsp3) is 0. The molecule has 0 saturated carbocycles. The van der Waals surface area contributed by atoms with Gasteiger partial charge in [-0.1, -0.05) is 267 Å². The predicted molar refractivity (Wildman–Crippen MR) is 393 cm³/mol. The first kappa shape index (κ1) is 51.7. The molecule has 0 aliphatic carbocycles. The van der Waals surface area contributed by atoms with E-state index in [-0.39, 0.29) is 6.71 Å². The van der Waals surface area contributed by atoms with Crippen molar-refractivity contribution in [2.45, 2.75) is 0 Å². The molecule has 0 spiro atoms. The molecule has 2 aromatic heterocycles. The van der Waals surface area contributed by atoms with Crippen molar-refractivity contribution in [2.24, 2.45) is 0 Å². The van der Waals surface area contributed by atoms with Crippen molar-refractivity contribution < 1.29 is 4.74 Å². The Morgan fingerprint density at radius 3 is 1.28 bits per heavy atom. The number of ether oxygens (including phenoxy) is 1. The Labute approximate surface area is 537 Å². The van der Waals surface area contributed by atoms with Crippen LogP contribution >= 0.6 is 0 Å². The molecule has 0 atom stereocenters. The lowest BCUT2D eigenvalue weighted by atomic mass is 9.34. The maximum Gasteiger partial charge on any atom is 0.256 e. The zero-order valence-corrected chi connectivity index (χ0v) is 50.5. The number of hydrogen-bond donors (Lipinski definition) is 0. The van der Waals surface area contributed by atoms with Crippen LogP contribution in [0.25, 0.3) is 143 Å². The van der Waals surface area contributed by atoms with Gasteiger partial charge in [0.15, 0.2) is 0 Å². The van der Waals surface area contributed by atoms with Crippen molar-refractivity contribution >= 4 is 127 Å². The van der Waals surface area contributed by atoms with E-state index in [0.717, 1.165) is 101 Å². The average molecular weight is 1180 g/mol. The van der Waals surface area contributed by atoms with Gasteiger partial charge in [0.2, 0.25) is 0 Å². The third kappa shape index (κ3) is 7.62. The van der Waals surface area contributed by atoms with Crippen LogP contribution in [0.4, 0.5) is 17.1 Å². The Morgan fingerprint density at radius 1 is 0.258 bits per heavy atom. The summed E-state index contributed by atoms with van der Waals surface area (Å²) in [5, 5.41) is 14.7. The van der Waals surface area contributed by atoms with E-state index in [2.05, 4.69) is 342 Å². The van der Waals surface area contributed by atoms with Crippen molar-refractivity contribution in [3.05, 3.63) is 328 Å². The Morgan fingerprint density at radius 2 is 0.710 bits per heavy atom. The second kappa shape index (κ2) is 20.2. The number of para-hydroxylation sites is 5. The summed E-state index contributed by atoms with van der Waals surface area (Å²) in [5.41, 5.74) is 22.6. The first-order valence-corrected chi connectivity index (χ1v) is 32.2. The Bertz CT molecular complexity index is 5960.